The van der Waals surface area contributed by atoms with Gasteiger partial charge in [-0.2, -0.15) is 0 Å². The molecule has 0 spiro atoms. The molecule has 0 bridgehead atoms. The van der Waals surface area contributed by atoms with E-state index in [4.69, 9.17) is 10.5 Å². The summed E-state index contributed by atoms with van der Waals surface area (Å²) in [6, 6.07) is 0. The van der Waals surface area contributed by atoms with Crippen molar-refractivity contribution in [2.45, 2.75) is 46.1 Å². The Bertz CT molecular complexity index is 430. The maximum atomic E-state index is 11.6. The molecule has 114 valence electrons. The average molecular weight is 283 g/mol. The third kappa shape index (κ3) is 4.23. The molecule has 0 aliphatic heterocycles. The van der Waals surface area contributed by atoms with Crippen LogP contribution in [0.5, 0.6) is 0 Å². The molecule has 0 aromatic carbocycles. The van der Waals surface area contributed by atoms with Crippen molar-refractivity contribution in [2.24, 2.45) is 0 Å². The van der Waals surface area contributed by atoms with Gasteiger partial charge >= 0.3 is 5.97 Å². The van der Waals surface area contributed by atoms with Gasteiger partial charge in [0.15, 0.2) is 5.69 Å². The van der Waals surface area contributed by atoms with Gasteiger partial charge in [0, 0.05) is 26.2 Å². The SMILES string of the molecule is CCCCOCCCn1c(CC)nc(C(=O)OC)c1N. The molecule has 6 nitrogen and oxygen atoms in total. The lowest BCUT2D eigenvalue weighted by atomic mass is 10.3. The predicted octanol–water partition coefficient (Wildman–Crippen LogP) is 2.02. The fourth-order valence-corrected chi connectivity index (χ4v) is 1.95. The summed E-state index contributed by atoms with van der Waals surface area (Å²) >= 11 is 0. The molecule has 2 N–H and O–H groups in total. The Morgan fingerprint density at radius 2 is 2.00 bits per heavy atom. The summed E-state index contributed by atoms with van der Waals surface area (Å²) in [5.74, 6) is 0.689. The molecule has 0 amide bonds. The van der Waals surface area contributed by atoms with Gasteiger partial charge in [0.05, 0.1) is 7.11 Å². The number of aryl methyl sites for hydroxylation is 1. The van der Waals surface area contributed by atoms with E-state index >= 15 is 0 Å². The molecule has 0 fully saturated rings. The van der Waals surface area contributed by atoms with Crippen molar-refractivity contribution in [2.75, 3.05) is 26.1 Å². The Balaban J connectivity index is 2.60. The van der Waals surface area contributed by atoms with Crippen molar-refractivity contribution in [3.05, 3.63) is 11.5 Å². The number of aromatic nitrogens is 2. The van der Waals surface area contributed by atoms with E-state index in [0.717, 1.165) is 38.1 Å². The highest BCUT2D eigenvalue weighted by atomic mass is 16.5. The number of ether oxygens (including phenoxy) is 2. The normalized spacial score (nSPS) is 10.8. The van der Waals surface area contributed by atoms with Gasteiger partial charge in [0.25, 0.3) is 0 Å². The molecule has 6 heteroatoms. The van der Waals surface area contributed by atoms with E-state index in [1.165, 1.54) is 7.11 Å². The molecule has 0 aliphatic rings. The lowest BCUT2D eigenvalue weighted by molar-refractivity contribution is 0.0595. The van der Waals surface area contributed by atoms with E-state index in [9.17, 15) is 4.79 Å². The molecule has 0 unspecified atom stereocenters. The number of nitrogen functional groups attached to an aromatic ring is 1. The van der Waals surface area contributed by atoms with Crippen LogP contribution >= 0.6 is 0 Å². The van der Waals surface area contributed by atoms with Gasteiger partial charge < -0.3 is 19.8 Å². The van der Waals surface area contributed by atoms with E-state index < -0.39 is 5.97 Å². The minimum absolute atomic E-state index is 0.205. The van der Waals surface area contributed by atoms with Gasteiger partial charge in [-0.05, 0) is 12.8 Å². The minimum Gasteiger partial charge on any atom is -0.464 e. The van der Waals surface area contributed by atoms with E-state index in [2.05, 4.69) is 16.6 Å². The Labute approximate surface area is 120 Å². The molecule has 0 aliphatic carbocycles. The highest BCUT2D eigenvalue weighted by molar-refractivity contribution is 5.92. The molecule has 1 rings (SSSR count). The van der Waals surface area contributed by atoms with Crippen LogP contribution in [0, 0.1) is 0 Å². The summed E-state index contributed by atoms with van der Waals surface area (Å²) in [6.45, 7) is 6.30. The van der Waals surface area contributed by atoms with Crippen LogP contribution in [-0.2, 0) is 22.4 Å². The first-order valence-corrected chi connectivity index (χ1v) is 7.16. The number of imidazole rings is 1. The quantitative estimate of drug-likeness (QED) is 0.554. The van der Waals surface area contributed by atoms with Crippen molar-refractivity contribution < 1.29 is 14.3 Å². The first-order chi connectivity index (χ1) is 9.65. The second kappa shape index (κ2) is 8.58. The summed E-state index contributed by atoms with van der Waals surface area (Å²) in [4.78, 5) is 15.8. The van der Waals surface area contributed by atoms with Gasteiger partial charge in [0.1, 0.15) is 11.6 Å². The molecule has 1 heterocycles. The van der Waals surface area contributed by atoms with Crippen LogP contribution in [0.3, 0.4) is 0 Å². The van der Waals surface area contributed by atoms with Crippen LogP contribution in [0.1, 0.15) is 49.4 Å². The van der Waals surface area contributed by atoms with Crippen LogP contribution in [0.15, 0.2) is 0 Å². The van der Waals surface area contributed by atoms with E-state index in [1.807, 2.05) is 11.5 Å². The number of hydrogen-bond acceptors (Lipinski definition) is 5. The fraction of sp³-hybridized carbons (Fsp3) is 0.714. The van der Waals surface area contributed by atoms with Gasteiger partial charge in [0.2, 0.25) is 0 Å². The summed E-state index contributed by atoms with van der Waals surface area (Å²) in [5.41, 5.74) is 6.18. The van der Waals surface area contributed by atoms with E-state index in [-0.39, 0.29) is 5.69 Å². The number of esters is 1. The smallest absolute Gasteiger partial charge is 0.360 e. The number of nitrogens with two attached hydrogens (primary N) is 1. The van der Waals surface area contributed by atoms with Gasteiger partial charge in [-0.25, -0.2) is 9.78 Å². The largest absolute Gasteiger partial charge is 0.464 e. The zero-order chi connectivity index (χ0) is 15.0. The number of methoxy groups -OCH3 is 1. The number of rotatable bonds is 9. The Kier molecular flexibility index (Phi) is 7.08. The summed E-state index contributed by atoms with van der Waals surface area (Å²) < 4.78 is 12.1. The molecule has 1 aromatic heterocycles. The van der Waals surface area contributed by atoms with Gasteiger partial charge in [-0.1, -0.05) is 20.3 Å². The number of carbonyl (C=O) groups excluding carboxylic acids is 1. The van der Waals surface area contributed by atoms with Crippen LogP contribution < -0.4 is 5.73 Å². The third-order valence-corrected chi connectivity index (χ3v) is 3.09. The van der Waals surface area contributed by atoms with Crippen LogP contribution in [0.4, 0.5) is 5.82 Å². The van der Waals surface area contributed by atoms with Crippen molar-refractivity contribution in [1.82, 2.24) is 9.55 Å². The zero-order valence-electron chi connectivity index (χ0n) is 12.6. The number of unbranched alkanes of at least 4 members (excludes halogenated alkanes) is 1. The van der Waals surface area contributed by atoms with Crippen molar-refractivity contribution >= 4 is 11.8 Å². The predicted molar refractivity (Wildman–Crippen MR) is 77.7 cm³/mol. The Hall–Kier alpha value is -1.56. The number of hydrogen-bond donors (Lipinski definition) is 1. The number of anilines is 1. The van der Waals surface area contributed by atoms with E-state index in [1.54, 1.807) is 0 Å². The lowest BCUT2D eigenvalue weighted by Gasteiger charge is -2.09. The second-order valence-electron chi connectivity index (χ2n) is 4.58. The first-order valence-electron chi connectivity index (χ1n) is 7.16. The highest BCUT2D eigenvalue weighted by Crippen LogP contribution is 2.16. The molecule has 0 atom stereocenters. The Morgan fingerprint density at radius 1 is 1.30 bits per heavy atom. The highest BCUT2D eigenvalue weighted by Gasteiger charge is 2.19. The number of carbonyl (C=O) groups is 1. The standard InChI is InChI=1S/C14H25N3O3/c1-4-6-9-20-10-7-8-17-11(5-2)16-12(13(17)15)14(18)19-3/h4-10,15H2,1-3H3. The number of nitrogens with zero attached hydrogens (tertiary/aromatic N) is 2. The lowest BCUT2D eigenvalue weighted by Crippen LogP contribution is -2.11. The molecule has 1 aromatic rings. The van der Waals surface area contributed by atoms with E-state index in [0.29, 0.717) is 19.0 Å². The summed E-state index contributed by atoms with van der Waals surface area (Å²) in [5, 5.41) is 0. The molecule has 20 heavy (non-hydrogen) atoms. The molecular formula is C14H25N3O3. The monoisotopic (exact) mass is 283 g/mol. The van der Waals surface area contributed by atoms with Crippen LogP contribution in [0.2, 0.25) is 0 Å². The van der Waals surface area contributed by atoms with Gasteiger partial charge in [-0.15, -0.1) is 0 Å². The fourth-order valence-electron chi connectivity index (χ4n) is 1.95. The van der Waals surface area contributed by atoms with Crippen molar-refractivity contribution in [1.29, 1.82) is 0 Å². The molecular weight excluding hydrogens is 258 g/mol. The maximum absolute atomic E-state index is 11.6. The van der Waals surface area contributed by atoms with Crippen molar-refractivity contribution in [3.63, 3.8) is 0 Å². The average Bonchev–Trinajstić information content (AvgIpc) is 2.78. The second-order valence-corrected chi connectivity index (χ2v) is 4.58. The summed E-state index contributed by atoms with van der Waals surface area (Å²) in [7, 11) is 1.33. The van der Waals surface area contributed by atoms with Gasteiger partial charge in [-0.3, -0.25) is 0 Å². The minimum atomic E-state index is -0.491. The molecule has 0 saturated carbocycles. The first kappa shape index (κ1) is 16.5. The van der Waals surface area contributed by atoms with Crippen LogP contribution in [-0.4, -0.2) is 35.8 Å². The Morgan fingerprint density at radius 3 is 2.60 bits per heavy atom. The zero-order valence-corrected chi connectivity index (χ0v) is 12.6. The van der Waals surface area contributed by atoms with Crippen LogP contribution in [0.25, 0.3) is 0 Å². The summed E-state index contributed by atoms with van der Waals surface area (Å²) in [6.07, 6.45) is 3.78. The molecule has 0 radical (unpaired) electrons. The topological polar surface area (TPSA) is 79.4 Å². The maximum Gasteiger partial charge on any atom is 0.360 e. The third-order valence-electron chi connectivity index (χ3n) is 3.09. The van der Waals surface area contributed by atoms with Crippen molar-refractivity contribution in [3.8, 4) is 0 Å². The molecule has 0 saturated heterocycles.